The highest BCUT2D eigenvalue weighted by atomic mass is 16.5. The van der Waals surface area contributed by atoms with E-state index < -0.39 is 5.72 Å². The van der Waals surface area contributed by atoms with E-state index in [-0.39, 0.29) is 23.0 Å². The van der Waals surface area contributed by atoms with Crippen LogP contribution in [0.5, 0.6) is 5.75 Å². The first-order valence-electron chi connectivity index (χ1n) is 10.5. The molecule has 1 saturated heterocycles. The monoisotopic (exact) mass is 402 g/mol. The third kappa shape index (κ3) is 1.94. The van der Waals surface area contributed by atoms with E-state index in [1.54, 1.807) is 0 Å². The Morgan fingerprint density at radius 1 is 1.10 bits per heavy atom. The fourth-order valence-corrected chi connectivity index (χ4v) is 6.41. The van der Waals surface area contributed by atoms with Crippen LogP contribution in [0.4, 0.5) is 5.69 Å². The summed E-state index contributed by atoms with van der Waals surface area (Å²) in [7, 11) is 6.10. The molecule has 154 valence electrons. The highest BCUT2D eigenvalue weighted by Gasteiger charge is 2.66. The molecule has 0 radical (unpaired) electrons. The van der Waals surface area contributed by atoms with E-state index in [0.717, 1.165) is 17.5 Å². The normalized spacial score (nSPS) is 31.2. The zero-order valence-corrected chi connectivity index (χ0v) is 18.0. The lowest BCUT2D eigenvalue weighted by Gasteiger charge is -2.65. The Morgan fingerprint density at radius 3 is 2.57 bits per heavy atom. The molecule has 4 heterocycles. The van der Waals surface area contributed by atoms with Gasteiger partial charge in [0.1, 0.15) is 11.3 Å². The summed E-state index contributed by atoms with van der Waals surface area (Å²) in [4.78, 5) is 17.7. The highest BCUT2D eigenvalue weighted by Crippen LogP contribution is 2.66. The third-order valence-corrected chi connectivity index (χ3v) is 7.86. The van der Waals surface area contributed by atoms with Gasteiger partial charge in [-0.3, -0.25) is 4.90 Å². The number of anilines is 1. The zero-order valence-electron chi connectivity index (χ0n) is 18.0. The zero-order chi connectivity index (χ0) is 21.0. The molecule has 2 aromatic carbocycles. The maximum absolute atomic E-state index is 13.4. The third-order valence-electron chi connectivity index (χ3n) is 7.86. The summed E-state index contributed by atoms with van der Waals surface area (Å²) in [5.74, 6) is 0.752. The van der Waals surface area contributed by atoms with Crippen molar-refractivity contribution in [3.63, 3.8) is 0 Å². The maximum atomic E-state index is 13.4. The van der Waals surface area contributed by atoms with E-state index in [9.17, 15) is 4.79 Å². The van der Waals surface area contributed by atoms with Gasteiger partial charge in [0.25, 0.3) is 0 Å². The molecule has 4 bridgehead atoms. The van der Waals surface area contributed by atoms with Gasteiger partial charge in [-0.2, -0.15) is 0 Å². The SMILES string of the molecule is CN(C)c1ccc2c3c(c(=O)oc2c1)C1(C)CC2c4ccccc4C1C(C)(O3)N2C. The van der Waals surface area contributed by atoms with Gasteiger partial charge >= 0.3 is 5.63 Å². The summed E-state index contributed by atoms with van der Waals surface area (Å²) in [5, 5.41) is 0.867. The Morgan fingerprint density at radius 2 is 1.83 bits per heavy atom. The quantitative estimate of drug-likeness (QED) is 0.565. The van der Waals surface area contributed by atoms with Crippen molar-refractivity contribution in [3.8, 4) is 5.75 Å². The van der Waals surface area contributed by atoms with Gasteiger partial charge in [0.05, 0.1) is 10.9 Å². The average molecular weight is 402 g/mol. The van der Waals surface area contributed by atoms with Crippen LogP contribution in [-0.4, -0.2) is 31.8 Å². The van der Waals surface area contributed by atoms with Gasteiger partial charge in [-0.05, 0) is 43.7 Å². The van der Waals surface area contributed by atoms with Gasteiger partial charge in [-0.25, -0.2) is 4.79 Å². The van der Waals surface area contributed by atoms with E-state index in [1.807, 2.05) is 37.2 Å². The number of hydrogen-bond donors (Lipinski definition) is 0. The molecule has 7 rings (SSSR count). The number of ether oxygens (including phenoxy) is 1. The Kier molecular flexibility index (Phi) is 3.28. The number of piperidine rings is 1. The van der Waals surface area contributed by atoms with E-state index in [0.29, 0.717) is 16.9 Å². The molecule has 4 unspecified atom stereocenters. The molecule has 1 aliphatic carbocycles. The molecule has 3 aliphatic heterocycles. The highest BCUT2D eigenvalue weighted by molar-refractivity contribution is 5.88. The number of benzene rings is 2. The van der Waals surface area contributed by atoms with Crippen molar-refractivity contribution in [1.29, 1.82) is 0 Å². The van der Waals surface area contributed by atoms with Crippen LogP contribution in [0.15, 0.2) is 51.7 Å². The van der Waals surface area contributed by atoms with Crippen LogP contribution in [0, 0.1) is 0 Å². The van der Waals surface area contributed by atoms with E-state index in [1.165, 1.54) is 11.1 Å². The van der Waals surface area contributed by atoms with Crippen LogP contribution in [0.2, 0.25) is 0 Å². The first-order chi connectivity index (χ1) is 14.3. The molecule has 30 heavy (non-hydrogen) atoms. The second-order valence-electron chi connectivity index (χ2n) is 9.64. The topological polar surface area (TPSA) is 45.9 Å². The van der Waals surface area contributed by atoms with Gasteiger partial charge in [-0.1, -0.05) is 31.2 Å². The van der Waals surface area contributed by atoms with Crippen molar-refractivity contribution in [1.82, 2.24) is 4.90 Å². The minimum atomic E-state index is -0.528. The van der Waals surface area contributed by atoms with Crippen LogP contribution >= 0.6 is 0 Å². The average Bonchev–Trinajstić information content (AvgIpc) is 2.70. The summed E-state index contributed by atoms with van der Waals surface area (Å²) < 4.78 is 12.7. The molecule has 0 amide bonds. The Bertz CT molecular complexity index is 1280. The standard InChI is InChI=1S/C25H26N2O3/c1-24-13-18-15-8-6-7-9-16(15)22(24)25(2,27(18)5)30-21-17-11-10-14(26(3)4)12-19(17)29-23(28)20(21)24/h6-12,18,22H,13H2,1-5H3. The smallest absolute Gasteiger partial charge is 0.343 e. The van der Waals surface area contributed by atoms with Crippen LogP contribution in [0.25, 0.3) is 11.0 Å². The first-order valence-corrected chi connectivity index (χ1v) is 10.5. The Labute approximate surface area is 175 Å². The molecule has 4 aliphatic rings. The van der Waals surface area contributed by atoms with Crippen molar-refractivity contribution < 1.29 is 9.15 Å². The second kappa shape index (κ2) is 5.46. The number of fused-ring (bicyclic) bond motifs is 3. The Hall–Kier alpha value is -2.79. The van der Waals surface area contributed by atoms with Gasteiger partial charge in [0, 0.05) is 43.2 Å². The van der Waals surface area contributed by atoms with Gasteiger partial charge in [0.2, 0.25) is 0 Å². The number of likely N-dealkylation sites (N-methyl/N-ethyl adjacent to an activating group) is 1. The summed E-state index contributed by atoms with van der Waals surface area (Å²) in [5.41, 5.74) is 3.77. The number of rotatable bonds is 1. The Balaban J connectivity index is 1.68. The summed E-state index contributed by atoms with van der Waals surface area (Å²) in [6.45, 7) is 4.40. The van der Waals surface area contributed by atoms with Crippen LogP contribution in [0.3, 0.4) is 0 Å². The fourth-order valence-electron chi connectivity index (χ4n) is 6.41. The van der Waals surface area contributed by atoms with E-state index in [2.05, 4.69) is 50.1 Å². The molecular weight excluding hydrogens is 376 g/mol. The molecule has 5 heteroatoms. The van der Waals surface area contributed by atoms with Gasteiger partial charge < -0.3 is 14.1 Å². The number of hydrogen-bond acceptors (Lipinski definition) is 5. The molecule has 0 saturated carbocycles. The predicted octanol–water partition coefficient (Wildman–Crippen LogP) is 4.40. The van der Waals surface area contributed by atoms with Gasteiger partial charge in [0.15, 0.2) is 5.72 Å². The van der Waals surface area contributed by atoms with E-state index >= 15 is 0 Å². The van der Waals surface area contributed by atoms with Crippen LogP contribution in [-0.2, 0) is 5.41 Å². The second-order valence-corrected chi connectivity index (χ2v) is 9.64. The van der Waals surface area contributed by atoms with Crippen molar-refractivity contribution in [2.24, 2.45) is 0 Å². The predicted molar refractivity (Wildman–Crippen MR) is 118 cm³/mol. The van der Waals surface area contributed by atoms with Crippen molar-refractivity contribution in [3.05, 3.63) is 69.6 Å². The lowest BCUT2D eigenvalue weighted by Crippen LogP contribution is -2.69. The largest absolute Gasteiger partial charge is 0.471 e. The summed E-state index contributed by atoms with van der Waals surface area (Å²) in [6.07, 6.45) is 0.878. The molecule has 0 N–H and O–H groups in total. The van der Waals surface area contributed by atoms with E-state index in [4.69, 9.17) is 9.15 Å². The van der Waals surface area contributed by atoms with Crippen molar-refractivity contribution >= 4 is 16.7 Å². The molecule has 3 aromatic rings. The fraction of sp³-hybridized carbons (Fsp3) is 0.400. The lowest BCUT2D eigenvalue weighted by molar-refractivity contribution is -0.175. The summed E-state index contributed by atoms with van der Waals surface area (Å²) in [6, 6.07) is 14.8. The molecule has 4 atom stereocenters. The van der Waals surface area contributed by atoms with Crippen LogP contribution in [0.1, 0.15) is 48.9 Å². The molecule has 5 nitrogen and oxygen atoms in total. The molecule has 1 aromatic heterocycles. The summed E-state index contributed by atoms with van der Waals surface area (Å²) >= 11 is 0. The number of nitrogens with zero attached hydrogens (tertiary/aromatic N) is 2. The maximum Gasteiger partial charge on any atom is 0.343 e. The lowest BCUT2D eigenvalue weighted by atomic mass is 9.52. The minimum Gasteiger partial charge on any atom is -0.471 e. The molecular formula is C25H26N2O3. The minimum absolute atomic E-state index is 0.0603. The molecule has 0 spiro atoms. The first kappa shape index (κ1) is 18.0. The van der Waals surface area contributed by atoms with Crippen molar-refractivity contribution in [2.75, 3.05) is 26.0 Å². The van der Waals surface area contributed by atoms with Gasteiger partial charge in [-0.15, -0.1) is 0 Å². The van der Waals surface area contributed by atoms with Crippen molar-refractivity contribution in [2.45, 2.75) is 43.4 Å². The molecule has 1 fully saturated rings. The van der Waals surface area contributed by atoms with Crippen LogP contribution < -0.4 is 15.3 Å².